The Labute approximate surface area is 143 Å². The summed E-state index contributed by atoms with van der Waals surface area (Å²) in [5, 5.41) is 19.8. The topological polar surface area (TPSA) is 108 Å². The highest BCUT2D eigenvalue weighted by molar-refractivity contribution is 6.28. The highest BCUT2D eigenvalue weighted by atomic mass is 35.5. The third kappa shape index (κ3) is 3.34. The molecule has 2 unspecified atom stereocenters. The van der Waals surface area contributed by atoms with E-state index in [2.05, 4.69) is 19.9 Å². The Hall–Kier alpha value is -1.81. The molecule has 1 aliphatic heterocycles. The minimum Gasteiger partial charge on any atom is -0.378 e. The summed E-state index contributed by atoms with van der Waals surface area (Å²) < 4.78 is 5.33. The average Bonchev–Trinajstić information content (AvgIpc) is 2.54. The fourth-order valence-corrected chi connectivity index (χ4v) is 2.81. The Morgan fingerprint density at radius 3 is 2.46 bits per heavy atom. The van der Waals surface area contributed by atoms with E-state index in [1.54, 1.807) is 6.20 Å². The van der Waals surface area contributed by atoms with Gasteiger partial charge in [0.25, 0.3) is 0 Å². The van der Waals surface area contributed by atoms with Crippen molar-refractivity contribution in [2.45, 2.75) is 26.3 Å². The number of nitrogens with zero attached hydrogens (tertiary/aromatic N) is 6. The summed E-state index contributed by atoms with van der Waals surface area (Å²) in [7, 11) is 0. The fourth-order valence-electron chi connectivity index (χ4n) is 2.65. The second-order valence-corrected chi connectivity index (χ2v) is 5.83. The van der Waals surface area contributed by atoms with Gasteiger partial charge in [0.2, 0.25) is 5.28 Å². The number of anilines is 2. The molecule has 2 aromatic rings. The van der Waals surface area contributed by atoms with Gasteiger partial charge in [0, 0.05) is 13.1 Å². The Morgan fingerprint density at radius 1 is 1.17 bits per heavy atom. The molecular weight excluding hydrogens is 336 g/mol. The number of morpholine rings is 1. The lowest BCUT2D eigenvalue weighted by Gasteiger charge is -2.30. The van der Waals surface area contributed by atoms with E-state index in [1.165, 1.54) is 18.7 Å². The van der Waals surface area contributed by atoms with Gasteiger partial charge in [0.15, 0.2) is 17.0 Å². The third-order valence-corrected chi connectivity index (χ3v) is 3.90. The van der Waals surface area contributed by atoms with E-state index in [4.69, 9.17) is 16.3 Å². The van der Waals surface area contributed by atoms with Gasteiger partial charge < -0.3 is 24.7 Å². The number of hydrogen-bond donors (Lipinski definition) is 2. The normalized spacial score (nSPS) is 17.8. The van der Waals surface area contributed by atoms with Crippen molar-refractivity contribution in [3.05, 3.63) is 11.5 Å². The second-order valence-electron chi connectivity index (χ2n) is 5.49. The standard InChI is InChI=1S/C14H19ClN6O3/c1-8(22)21(9(2)23)13-11-12(18-14(15)19-13)17-10(7-16-11)20-3-5-24-6-4-20/h7-9,22-23H,3-6H2,1-2H3. The summed E-state index contributed by atoms with van der Waals surface area (Å²) in [6.07, 6.45) is -0.351. The molecule has 24 heavy (non-hydrogen) atoms. The molecule has 1 fully saturated rings. The van der Waals surface area contributed by atoms with Gasteiger partial charge in [0.05, 0.1) is 19.4 Å². The third-order valence-electron chi connectivity index (χ3n) is 3.73. The van der Waals surface area contributed by atoms with Crippen LogP contribution in [0.3, 0.4) is 0 Å². The Morgan fingerprint density at radius 2 is 1.83 bits per heavy atom. The Bertz CT molecular complexity index is 715. The molecule has 9 nitrogen and oxygen atoms in total. The lowest BCUT2D eigenvalue weighted by Crippen LogP contribution is -2.41. The van der Waals surface area contributed by atoms with Crippen LogP contribution in [-0.2, 0) is 4.74 Å². The second kappa shape index (κ2) is 6.98. The van der Waals surface area contributed by atoms with Crippen LogP contribution in [-0.4, -0.2) is 68.9 Å². The number of fused-ring (bicyclic) bond motifs is 1. The van der Waals surface area contributed by atoms with E-state index in [0.29, 0.717) is 30.2 Å². The van der Waals surface area contributed by atoms with Gasteiger partial charge in [-0.15, -0.1) is 0 Å². The summed E-state index contributed by atoms with van der Waals surface area (Å²) in [6, 6.07) is 0. The quantitative estimate of drug-likeness (QED) is 0.595. The number of aromatic nitrogens is 4. The van der Waals surface area contributed by atoms with Crippen molar-refractivity contribution in [1.29, 1.82) is 0 Å². The number of ether oxygens (including phenoxy) is 1. The van der Waals surface area contributed by atoms with Crippen LogP contribution < -0.4 is 9.80 Å². The highest BCUT2D eigenvalue weighted by Crippen LogP contribution is 2.26. The Balaban J connectivity index is 2.08. The number of aliphatic hydroxyl groups excluding tert-OH is 2. The molecule has 2 atom stereocenters. The zero-order valence-corrected chi connectivity index (χ0v) is 14.2. The van der Waals surface area contributed by atoms with Crippen molar-refractivity contribution < 1.29 is 14.9 Å². The Kier molecular flexibility index (Phi) is 4.95. The number of hydrogen-bond acceptors (Lipinski definition) is 9. The summed E-state index contributed by atoms with van der Waals surface area (Å²) in [6.45, 7) is 5.74. The molecule has 3 rings (SSSR count). The predicted molar refractivity (Wildman–Crippen MR) is 89.0 cm³/mol. The van der Waals surface area contributed by atoms with Crippen LogP contribution in [0.1, 0.15) is 13.8 Å². The summed E-state index contributed by atoms with van der Waals surface area (Å²) >= 11 is 6.00. The van der Waals surface area contributed by atoms with E-state index >= 15 is 0 Å². The molecular formula is C14H19ClN6O3. The smallest absolute Gasteiger partial charge is 0.226 e. The van der Waals surface area contributed by atoms with Crippen LogP contribution >= 0.6 is 11.6 Å². The summed E-state index contributed by atoms with van der Waals surface area (Å²) in [5.41, 5.74) is 0.665. The average molecular weight is 355 g/mol. The van der Waals surface area contributed by atoms with Gasteiger partial charge in [-0.2, -0.15) is 9.97 Å². The molecule has 2 N–H and O–H groups in total. The molecule has 10 heteroatoms. The van der Waals surface area contributed by atoms with Crippen LogP contribution in [0.15, 0.2) is 6.20 Å². The van der Waals surface area contributed by atoms with E-state index in [-0.39, 0.29) is 11.1 Å². The minimum atomic E-state index is -0.986. The first kappa shape index (κ1) is 17.0. The predicted octanol–water partition coefficient (Wildman–Crippen LogP) is 0.393. The van der Waals surface area contributed by atoms with Crippen LogP contribution in [0.25, 0.3) is 11.2 Å². The highest BCUT2D eigenvalue weighted by Gasteiger charge is 2.24. The van der Waals surface area contributed by atoms with Gasteiger partial charge in [-0.3, -0.25) is 0 Å². The van der Waals surface area contributed by atoms with Crippen LogP contribution in [0.2, 0.25) is 5.28 Å². The van der Waals surface area contributed by atoms with Gasteiger partial charge in [-0.25, -0.2) is 9.97 Å². The molecule has 3 heterocycles. The molecule has 130 valence electrons. The SMILES string of the molecule is CC(O)N(c1nc(Cl)nc2nc(N3CCOCC3)cnc12)C(C)O. The van der Waals surface area contributed by atoms with Crippen molar-refractivity contribution in [2.75, 3.05) is 36.1 Å². The molecule has 0 bridgehead atoms. The van der Waals surface area contributed by atoms with Gasteiger partial charge in [-0.1, -0.05) is 0 Å². The minimum absolute atomic E-state index is 0.0303. The van der Waals surface area contributed by atoms with Crippen molar-refractivity contribution in [2.24, 2.45) is 0 Å². The van der Waals surface area contributed by atoms with E-state index in [0.717, 1.165) is 13.1 Å². The molecule has 0 aliphatic carbocycles. The number of rotatable bonds is 4. The maximum Gasteiger partial charge on any atom is 0.226 e. The van der Waals surface area contributed by atoms with Gasteiger partial charge >= 0.3 is 0 Å². The molecule has 0 radical (unpaired) electrons. The lowest BCUT2D eigenvalue weighted by molar-refractivity contribution is 0.104. The monoisotopic (exact) mass is 354 g/mol. The molecule has 0 spiro atoms. The largest absolute Gasteiger partial charge is 0.378 e. The van der Waals surface area contributed by atoms with Gasteiger partial charge in [-0.05, 0) is 25.4 Å². The van der Waals surface area contributed by atoms with Crippen LogP contribution in [0, 0.1) is 0 Å². The molecule has 0 saturated carbocycles. The molecule has 0 amide bonds. The number of aliphatic hydroxyl groups is 2. The summed E-state index contributed by atoms with van der Waals surface area (Å²) in [5.74, 6) is 0.906. The molecule has 1 aliphatic rings. The molecule has 0 aromatic carbocycles. The van der Waals surface area contributed by atoms with Crippen LogP contribution in [0.4, 0.5) is 11.6 Å². The lowest BCUT2D eigenvalue weighted by atomic mass is 10.3. The first-order valence-electron chi connectivity index (χ1n) is 7.65. The van der Waals surface area contributed by atoms with Crippen molar-refractivity contribution in [3.8, 4) is 0 Å². The van der Waals surface area contributed by atoms with Crippen molar-refractivity contribution >= 4 is 34.4 Å². The zero-order valence-electron chi connectivity index (χ0n) is 13.4. The van der Waals surface area contributed by atoms with Crippen molar-refractivity contribution in [3.63, 3.8) is 0 Å². The number of halogens is 1. The first-order chi connectivity index (χ1) is 11.5. The fraction of sp³-hybridized carbons (Fsp3) is 0.571. The van der Waals surface area contributed by atoms with Crippen LogP contribution in [0.5, 0.6) is 0 Å². The van der Waals surface area contributed by atoms with E-state index in [9.17, 15) is 10.2 Å². The van der Waals surface area contributed by atoms with E-state index < -0.39 is 12.5 Å². The maximum absolute atomic E-state index is 9.94. The summed E-state index contributed by atoms with van der Waals surface area (Å²) in [4.78, 5) is 20.5. The van der Waals surface area contributed by atoms with Gasteiger partial charge in [0.1, 0.15) is 18.3 Å². The van der Waals surface area contributed by atoms with E-state index in [1.807, 2.05) is 4.90 Å². The first-order valence-corrected chi connectivity index (χ1v) is 8.02. The molecule has 2 aromatic heterocycles. The zero-order chi connectivity index (χ0) is 17.3. The molecule has 1 saturated heterocycles. The maximum atomic E-state index is 9.94. The van der Waals surface area contributed by atoms with Crippen molar-refractivity contribution in [1.82, 2.24) is 19.9 Å².